The quantitative estimate of drug-likeness (QED) is 0.652. The molecule has 15 heavy (non-hydrogen) atoms. The molecule has 3 unspecified atom stereocenters. The van der Waals surface area contributed by atoms with Crippen LogP contribution in [0.1, 0.15) is 20.3 Å². The van der Waals surface area contributed by atoms with Crippen molar-refractivity contribution in [2.24, 2.45) is 11.7 Å². The Labute approximate surface area is 90.0 Å². The van der Waals surface area contributed by atoms with Crippen molar-refractivity contribution in [1.29, 1.82) is 0 Å². The highest BCUT2D eigenvalue weighted by Gasteiger charge is 2.29. The molecule has 1 rings (SSSR count). The molecule has 5 nitrogen and oxygen atoms in total. The number of hydrogen-bond donors (Lipinski definition) is 2. The van der Waals surface area contributed by atoms with Gasteiger partial charge in [-0.1, -0.05) is 6.92 Å². The standard InChI is InChI=1S/C10H19N3O2/c1-6(7(2)11)10(15)12-8-4-9(14)13(3)5-8/h6-8H,4-5,11H2,1-3H3,(H,12,15). The molecular weight excluding hydrogens is 194 g/mol. The van der Waals surface area contributed by atoms with Crippen LogP contribution in [0.4, 0.5) is 0 Å². The second-order valence-corrected chi connectivity index (χ2v) is 4.33. The number of carbonyl (C=O) groups excluding carboxylic acids is 2. The summed E-state index contributed by atoms with van der Waals surface area (Å²) in [5.74, 6) is -0.210. The van der Waals surface area contributed by atoms with E-state index in [1.165, 1.54) is 0 Å². The predicted molar refractivity (Wildman–Crippen MR) is 57.0 cm³/mol. The lowest BCUT2D eigenvalue weighted by atomic mass is 10.0. The summed E-state index contributed by atoms with van der Waals surface area (Å²) in [6.45, 7) is 4.19. The van der Waals surface area contributed by atoms with Crippen LogP contribution < -0.4 is 11.1 Å². The number of carbonyl (C=O) groups is 2. The summed E-state index contributed by atoms with van der Waals surface area (Å²) in [4.78, 5) is 24.5. The molecule has 0 radical (unpaired) electrons. The number of hydrogen-bond acceptors (Lipinski definition) is 3. The van der Waals surface area contributed by atoms with Gasteiger partial charge >= 0.3 is 0 Å². The number of likely N-dealkylation sites (N-methyl/N-ethyl adjacent to an activating group) is 1. The van der Waals surface area contributed by atoms with Gasteiger partial charge in [0.2, 0.25) is 11.8 Å². The second-order valence-electron chi connectivity index (χ2n) is 4.33. The second kappa shape index (κ2) is 4.61. The molecule has 1 saturated heterocycles. The van der Waals surface area contributed by atoms with Crippen LogP contribution >= 0.6 is 0 Å². The van der Waals surface area contributed by atoms with Gasteiger partial charge in [0.05, 0.1) is 6.04 Å². The zero-order valence-corrected chi connectivity index (χ0v) is 9.49. The van der Waals surface area contributed by atoms with E-state index < -0.39 is 0 Å². The largest absolute Gasteiger partial charge is 0.351 e. The van der Waals surface area contributed by atoms with Crippen molar-refractivity contribution >= 4 is 11.8 Å². The summed E-state index contributed by atoms with van der Waals surface area (Å²) in [5.41, 5.74) is 5.63. The third-order valence-electron chi connectivity index (χ3n) is 2.89. The lowest BCUT2D eigenvalue weighted by molar-refractivity contribution is -0.126. The zero-order chi connectivity index (χ0) is 11.6. The maximum atomic E-state index is 11.6. The minimum absolute atomic E-state index is 0.0591. The number of nitrogens with two attached hydrogens (primary N) is 1. The van der Waals surface area contributed by atoms with Gasteiger partial charge in [-0.25, -0.2) is 0 Å². The summed E-state index contributed by atoms with van der Waals surface area (Å²) < 4.78 is 0. The maximum Gasteiger partial charge on any atom is 0.224 e. The van der Waals surface area contributed by atoms with Crippen molar-refractivity contribution in [3.8, 4) is 0 Å². The molecule has 0 aromatic carbocycles. The number of amides is 2. The van der Waals surface area contributed by atoms with E-state index in [0.717, 1.165) is 0 Å². The van der Waals surface area contributed by atoms with Gasteiger partial charge in [0.15, 0.2) is 0 Å². The van der Waals surface area contributed by atoms with Gasteiger partial charge in [-0.3, -0.25) is 9.59 Å². The monoisotopic (exact) mass is 213 g/mol. The minimum Gasteiger partial charge on any atom is -0.351 e. The Hall–Kier alpha value is -1.10. The molecule has 0 aromatic rings. The van der Waals surface area contributed by atoms with Gasteiger partial charge in [0.1, 0.15) is 0 Å². The molecule has 0 aliphatic carbocycles. The summed E-state index contributed by atoms with van der Waals surface area (Å²) in [6, 6.07) is -0.226. The summed E-state index contributed by atoms with van der Waals surface area (Å²) >= 11 is 0. The molecular formula is C10H19N3O2. The lowest BCUT2D eigenvalue weighted by Crippen LogP contribution is -2.44. The van der Waals surface area contributed by atoms with Gasteiger partial charge in [0, 0.05) is 32.0 Å². The summed E-state index contributed by atoms with van der Waals surface area (Å²) in [5, 5.41) is 2.84. The Bertz CT molecular complexity index is 265. The van der Waals surface area contributed by atoms with E-state index >= 15 is 0 Å². The number of rotatable bonds is 3. The molecule has 0 spiro atoms. The van der Waals surface area contributed by atoms with Crippen molar-refractivity contribution in [3.05, 3.63) is 0 Å². The zero-order valence-electron chi connectivity index (χ0n) is 9.49. The van der Waals surface area contributed by atoms with Gasteiger partial charge in [0.25, 0.3) is 0 Å². The SMILES string of the molecule is CC(N)C(C)C(=O)NC1CC(=O)N(C)C1. The van der Waals surface area contributed by atoms with Crippen molar-refractivity contribution in [3.63, 3.8) is 0 Å². The van der Waals surface area contributed by atoms with Crippen molar-refractivity contribution in [2.75, 3.05) is 13.6 Å². The van der Waals surface area contributed by atoms with Crippen LogP contribution in [0, 0.1) is 5.92 Å². The number of nitrogens with one attached hydrogen (secondary N) is 1. The molecule has 3 atom stereocenters. The van der Waals surface area contributed by atoms with Gasteiger partial charge in [-0.15, -0.1) is 0 Å². The maximum absolute atomic E-state index is 11.6. The fourth-order valence-electron chi connectivity index (χ4n) is 1.53. The number of likely N-dealkylation sites (tertiary alicyclic amines) is 1. The molecule has 1 heterocycles. The molecule has 1 fully saturated rings. The molecule has 0 aromatic heterocycles. The molecule has 1 aliphatic rings. The summed E-state index contributed by atoms with van der Waals surface area (Å²) in [6.07, 6.45) is 0.397. The lowest BCUT2D eigenvalue weighted by Gasteiger charge is -2.18. The van der Waals surface area contributed by atoms with E-state index in [0.29, 0.717) is 13.0 Å². The van der Waals surface area contributed by atoms with Crippen LogP contribution in [-0.2, 0) is 9.59 Å². The Morgan fingerprint density at radius 3 is 2.60 bits per heavy atom. The molecule has 2 amide bonds. The third-order valence-corrected chi connectivity index (χ3v) is 2.89. The highest BCUT2D eigenvalue weighted by atomic mass is 16.2. The average molecular weight is 213 g/mol. The van der Waals surface area contributed by atoms with E-state index in [9.17, 15) is 9.59 Å². The molecule has 86 valence electrons. The molecule has 3 N–H and O–H groups in total. The first-order chi connectivity index (χ1) is 6.91. The van der Waals surface area contributed by atoms with Crippen LogP contribution in [0.25, 0.3) is 0 Å². The van der Waals surface area contributed by atoms with Crippen molar-refractivity contribution in [2.45, 2.75) is 32.4 Å². The molecule has 5 heteroatoms. The average Bonchev–Trinajstić information content (AvgIpc) is 2.44. The highest BCUT2D eigenvalue weighted by Crippen LogP contribution is 2.09. The van der Waals surface area contributed by atoms with Gasteiger partial charge in [-0.05, 0) is 6.92 Å². The van der Waals surface area contributed by atoms with E-state index in [1.807, 2.05) is 0 Å². The Morgan fingerprint density at radius 2 is 2.20 bits per heavy atom. The Balaban J connectivity index is 2.43. The van der Waals surface area contributed by atoms with E-state index in [2.05, 4.69) is 5.32 Å². The van der Waals surface area contributed by atoms with Crippen LogP contribution in [0.15, 0.2) is 0 Å². The fourth-order valence-corrected chi connectivity index (χ4v) is 1.53. The van der Waals surface area contributed by atoms with Crippen molar-refractivity contribution < 1.29 is 9.59 Å². The van der Waals surface area contributed by atoms with Gasteiger partial charge in [-0.2, -0.15) is 0 Å². The first-order valence-corrected chi connectivity index (χ1v) is 5.21. The Morgan fingerprint density at radius 1 is 1.60 bits per heavy atom. The van der Waals surface area contributed by atoms with Crippen molar-refractivity contribution in [1.82, 2.24) is 10.2 Å². The molecule has 0 bridgehead atoms. The van der Waals surface area contributed by atoms with Crippen LogP contribution in [0.2, 0.25) is 0 Å². The van der Waals surface area contributed by atoms with E-state index in [4.69, 9.17) is 5.73 Å². The third kappa shape index (κ3) is 2.92. The summed E-state index contributed by atoms with van der Waals surface area (Å²) in [7, 11) is 1.74. The molecule has 0 saturated carbocycles. The normalized spacial score (nSPS) is 25.2. The predicted octanol–water partition coefficient (Wildman–Crippen LogP) is -0.683. The smallest absolute Gasteiger partial charge is 0.224 e. The molecule has 1 aliphatic heterocycles. The topological polar surface area (TPSA) is 75.4 Å². The van der Waals surface area contributed by atoms with Crippen LogP contribution in [-0.4, -0.2) is 42.4 Å². The minimum atomic E-state index is -0.217. The van der Waals surface area contributed by atoms with Gasteiger partial charge < -0.3 is 16.0 Å². The highest BCUT2D eigenvalue weighted by molar-refractivity contribution is 5.83. The van der Waals surface area contributed by atoms with E-state index in [1.54, 1.807) is 25.8 Å². The Kier molecular flexibility index (Phi) is 3.68. The number of nitrogens with zero attached hydrogens (tertiary/aromatic N) is 1. The fraction of sp³-hybridized carbons (Fsp3) is 0.800. The van der Waals surface area contributed by atoms with Crippen LogP contribution in [0.5, 0.6) is 0 Å². The first-order valence-electron chi connectivity index (χ1n) is 5.21. The van der Waals surface area contributed by atoms with E-state index in [-0.39, 0.29) is 29.8 Å². The first kappa shape index (κ1) is 12.0. The van der Waals surface area contributed by atoms with Crippen LogP contribution in [0.3, 0.4) is 0 Å².